The van der Waals surface area contributed by atoms with Crippen molar-refractivity contribution >= 4 is 29.0 Å². The number of nitro benzene ring substituents is 1. The number of hydrogen-bond donors (Lipinski definition) is 2. The minimum atomic E-state index is -0.476. The van der Waals surface area contributed by atoms with Crippen molar-refractivity contribution in [2.24, 2.45) is 5.92 Å². The number of aromatic amines is 1. The molecule has 1 saturated carbocycles. The molecule has 9 heteroatoms. The summed E-state index contributed by atoms with van der Waals surface area (Å²) in [4.78, 5) is 26.9. The van der Waals surface area contributed by atoms with E-state index in [0.29, 0.717) is 16.8 Å². The van der Waals surface area contributed by atoms with Crippen molar-refractivity contribution in [3.8, 4) is 0 Å². The SMILES string of the molecule is CC(Sc1n[nH]c(CC2CCCC2)n1)C(=O)Nc1ccc([N+](=O)[O-])cc1. The van der Waals surface area contributed by atoms with Crippen LogP contribution in [0.15, 0.2) is 29.4 Å². The molecule has 1 aromatic heterocycles. The summed E-state index contributed by atoms with van der Waals surface area (Å²) in [6.07, 6.45) is 5.99. The first kappa shape index (κ1) is 18.4. The van der Waals surface area contributed by atoms with E-state index < -0.39 is 4.92 Å². The maximum absolute atomic E-state index is 12.3. The molecule has 138 valence electrons. The van der Waals surface area contributed by atoms with E-state index in [4.69, 9.17) is 0 Å². The van der Waals surface area contributed by atoms with Gasteiger partial charge in [-0.2, -0.15) is 0 Å². The minimum absolute atomic E-state index is 0.0130. The van der Waals surface area contributed by atoms with Gasteiger partial charge in [0.2, 0.25) is 11.1 Å². The molecule has 0 aliphatic heterocycles. The van der Waals surface area contributed by atoms with Crippen LogP contribution in [-0.2, 0) is 11.2 Å². The summed E-state index contributed by atoms with van der Waals surface area (Å²) in [6, 6.07) is 5.75. The van der Waals surface area contributed by atoms with Gasteiger partial charge in [-0.3, -0.25) is 20.0 Å². The molecule has 3 rings (SSSR count). The lowest BCUT2D eigenvalue weighted by molar-refractivity contribution is -0.384. The topological polar surface area (TPSA) is 114 Å². The number of anilines is 1. The summed E-state index contributed by atoms with van der Waals surface area (Å²) in [7, 11) is 0. The number of nitrogens with one attached hydrogen (secondary N) is 2. The highest BCUT2D eigenvalue weighted by atomic mass is 32.2. The second-order valence-electron chi connectivity index (χ2n) is 6.47. The summed E-state index contributed by atoms with van der Waals surface area (Å²) >= 11 is 1.28. The number of nitrogens with zero attached hydrogens (tertiary/aromatic N) is 3. The molecule has 0 spiro atoms. The number of benzene rings is 1. The molecule has 26 heavy (non-hydrogen) atoms. The van der Waals surface area contributed by atoms with E-state index in [1.54, 1.807) is 6.92 Å². The van der Waals surface area contributed by atoms with Gasteiger partial charge in [0.05, 0.1) is 10.2 Å². The third-order valence-corrected chi connectivity index (χ3v) is 5.43. The van der Waals surface area contributed by atoms with Crippen molar-refractivity contribution in [2.75, 3.05) is 5.32 Å². The Balaban J connectivity index is 1.52. The molecule has 0 radical (unpaired) electrons. The fourth-order valence-electron chi connectivity index (χ4n) is 3.03. The van der Waals surface area contributed by atoms with Crippen LogP contribution in [0, 0.1) is 16.0 Å². The highest BCUT2D eigenvalue weighted by molar-refractivity contribution is 8.00. The Labute approximate surface area is 155 Å². The first-order valence-electron chi connectivity index (χ1n) is 8.64. The van der Waals surface area contributed by atoms with Crippen LogP contribution < -0.4 is 5.32 Å². The lowest BCUT2D eigenvalue weighted by atomic mass is 10.0. The van der Waals surface area contributed by atoms with Gasteiger partial charge in [0.25, 0.3) is 5.69 Å². The smallest absolute Gasteiger partial charge is 0.269 e. The number of thioether (sulfide) groups is 1. The van der Waals surface area contributed by atoms with Crippen LogP contribution in [-0.4, -0.2) is 31.3 Å². The monoisotopic (exact) mass is 375 g/mol. The van der Waals surface area contributed by atoms with E-state index in [9.17, 15) is 14.9 Å². The van der Waals surface area contributed by atoms with Gasteiger partial charge in [-0.25, -0.2) is 4.98 Å². The molecule has 2 N–H and O–H groups in total. The van der Waals surface area contributed by atoms with Gasteiger partial charge in [-0.1, -0.05) is 37.4 Å². The molecule has 0 saturated heterocycles. The van der Waals surface area contributed by atoms with E-state index in [1.165, 1.54) is 61.7 Å². The van der Waals surface area contributed by atoms with E-state index in [0.717, 1.165) is 12.2 Å². The average Bonchev–Trinajstić information content (AvgIpc) is 3.28. The quantitative estimate of drug-likeness (QED) is 0.434. The molecular formula is C17H21N5O3S. The zero-order valence-electron chi connectivity index (χ0n) is 14.5. The zero-order valence-corrected chi connectivity index (χ0v) is 15.3. The van der Waals surface area contributed by atoms with Crippen molar-refractivity contribution < 1.29 is 9.72 Å². The number of hydrogen-bond acceptors (Lipinski definition) is 6. The predicted molar refractivity (Wildman–Crippen MR) is 99.1 cm³/mol. The number of H-pyrrole nitrogens is 1. The summed E-state index contributed by atoms with van der Waals surface area (Å²) in [5.41, 5.74) is 0.505. The summed E-state index contributed by atoms with van der Waals surface area (Å²) < 4.78 is 0. The van der Waals surface area contributed by atoms with E-state index >= 15 is 0 Å². The molecule has 1 fully saturated rings. The zero-order chi connectivity index (χ0) is 18.5. The largest absolute Gasteiger partial charge is 0.325 e. The Kier molecular flexibility index (Phi) is 5.87. The molecule has 1 heterocycles. The van der Waals surface area contributed by atoms with Gasteiger partial charge in [0, 0.05) is 24.2 Å². The van der Waals surface area contributed by atoms with E-state index in [1.807, 2.05) is 0 Å². The molecule has 1 aliphatic rings. The molecule has 1 atom stereocenters. The molecular weight excluding hydrogens is 354 g/mol. The second-order valence-corrected chi connectivity index (χ2v) is 7.78. The number of aromatic nitrogens is 3. The highest BCUT2D eigenvalue weighted by Gasteiger charge is 2.20. The number of carbonyl (C=O) groups is 1. The van der Waals surface area contributed by atoms with Crippen molar-refractivity contribution in [2.45, 2.75) is 49.4 Å². The summed E-state index contributed by atoms with van der Waals surface area (Å²) in [5.74, 6) is 1.36. The van der Waals surface area contributed by atoms with Gasteiger partial charge in [0.1, 0.15) is 5.82 Å². The maximum Gasteiger partial charge on any atom is 0.269 e. The van der Waals surface area contributed by atoms with E-state index in [2.05, 4.69) is 20.5 Å². The Bertz CT molecular complexity index is 771. The molecule has 1 aromatic carbocycles. The number of nitro groups is 1. The van der Waals surface area contributed by atoms with Crippen molar-refractivity contribution in [3.63, 3.8) is 0 Å². The standard InChI is InChI=1S/C17H21N5O3S/c1-11(16(23)18-13-6-8-14(9-7-13)22(24)25)26-17-19-15(20-21-17)10-12-4-2-3-5-12/h6-9,11-12H,2-5,10H2,1H3,(H,18,23)(H,19,20,21). The van der Waals surface area contributed by atoms with Crippen LogP contribution in [0.4, 0.5) is 11.4 Å². The van der Waals surface area contributed by atoms with E-state index in [-0.39, 0.29) is 16.8 Å². The predicted octanol–water partition coefficient (Wildman–Crippen LogP) is 3.56. The molecule has 1 unspecified atom stereocenters. The maximum atomic E-state index is 12.3. The van der Waals surface area contributed by atoms with Crippen molar-refractivity contribution in [3.05, 3.63) is 40.2 Å². The summed E-state index contributed by atoms with van der Waals surface area (Å²) in [5, 5.41) is 20.7. The van der Waals surface area contributed by atoms with Gasteiger partial charge in [-0.05, 0) is 25.0 Å². The Morgan fingerprint density at radius 3 is 2.73 bits per heavy atom. The van der Waals surface area contributed by atoms with Crippen LogP contribution in [0.2, 0.25) is 0 Å². The number of non-ortho nitro benzene ring substituents is 1. The number of carbonyl (C=O) groups excluding carboxylic acids is 1. The van der Waals surface area contributed by atoms with Crippen LogP contribution in [0.1, 0.15) is 38.4 Å². The average molecular weight is 375 g/mol. The lowest BCUT2D eigenvalue weighted by Crippen LogP contribution is -2.22. The number of amides is 1. The first-order valence-corrected chi connectivity index (χ1v) is 9.52. The van der Waals surface area contributed by atoms with Crippen LogP contribution in [0.25, 0.3) is 0 Å². The van der Waals surface area contributed by atoms with Crippen LogP contribution in [0.3, 0.4) is 0 Å². The fraction of sp³-hybridized carbons (Fsp3) is 0.471. The fourth-order valence-corrected chi connectivity index (χ4v) is 3.78. The third-order valence-electron chi connectivity index (χ3n) is 4.47. The Morgan fingerprint density at radius 2 is 2.08 bits per heavy atom. The van der Waals surface area contributed by atoms with Gasteiger partial charge in [0.15, 0.2) is 0 Å². The Hall–Kier alpha value is -2.42. The van der Waals surface area contributed by atoms with Crippen LogP contribution in [0.5, 0.6) is 0 Å². The third kappa shape index (κ3) is 4.81. The molecule has 1 amide bonds. The minimum Gasteiger partial charge on any atom is -0.325 e. The van der Waals surface area contributed by atoms with Gasteiger partial charge < -0.3 is 5.32 Å². The first-order chi connectivity index (χ1) is 12.5. The van der Waals surface area contributed by atoms with Crippen LogP contribution >= 0.6 is 11.8 Å². The van der Waals surface area contributed by atoms with Crippen molar-refractivity contribution in [1.82, 2.24) is 15.2 Å². The normalized spacial score (nSPS) is 15.7. The highest BCUT2D eigenvalue weighted by Crippen LogP contribution is 2.28. The molecule has 8 nitrogen and oxygen atoms in total. The molecule has 2 aromatic rings. The van der Waals surface area contributed by atoms with Crippen molar-refractivity contribution in [1.29, 1.82) is 0 Å². The molecule has 1 aliphatic carbocycles. The summed E-state index contributed by atoms with van der Waals surface area (Å²) in [6.45, 7) is 1.78. The number of rotatable bonds is 7. The molecule has 0 bridgehead atoms. The van der Waals surface area contributed by atoms with Gasteiger partial charge >= 0.3 is 0 Å². The Morgan fingerprint density at radius 1 is 1.38 bits per heavy atom. The lowest BCUT2D eigenvalue weighted by Gasteiger charge is -2.10. The van der Waals surface area contributed by atoms with Gasteiger partial charge in [-0.15, -0.1) is 5.10 Å². The second kappa shape index (κ2) is 8.31.